The molecule has 1 aromatic rings. The van der Waals surface area contributed by atoms with E-state index in [-0.39, 0.29) is 40.8 Å². The minimum atomic E-state index is -3.56. The Balaban J connectivity index is 1.54. The number of carbonyl (C=O) groups excluding carboxylic acids is 2. The predicted octanol–water partition coefficient (Wildman–Crippen LogP) is 2.55. The molecule has 2 aliphatic rings. The van der Waals surface area contributed by atoms with Crippen molar-refractivity contribution in [2.24, 2.45) is 11.8 Å². The van der Waals surface area contributed by atoms with Crippen LogP contribution in [0.5, 0.6) is 0 Å². The fourth-order valence-electron chi connectivity index (χ4n) is 4.86. The summed E-state index contributed by atoms with van der Waals surface area (Å²) in [6, 6.07) is 9.07. The Labute approximate surface area is 213 Å². The van der Waals surface area contributed by atoms with E-state index in [1.807, 2.05) is 11.0 Å². The van der Waals surface area contributed by atoms with E-state index in [4.69, 9.17) is 5.26 Å². The summed E-state index contributed by atoms with van der Waals surface area (Å²) < 4.78 is 26.2. The van der Waals surface area contributed by atoms with E-state index in [2.05, 4.69) is 24.1 Å². The van der Waals surface area contributed by atoms with Crippen LogP contribution < -0.4 is 5.32 Å². The first-order valence-corrected chi connectivity index (χ1v) is 15.0. The molecule has 2 atom stereocenters. The largest absolute Gasteiger partial charge is 0.343 e. The average molecular weight is 521 g/mol. The molecule has 3 rings (SSSR count). The van der Waals surface area contributed by atoms with Crippen molar-refractivity contribution in [1.82, 2.24) is 15.1 Å². The molecular weight excluding hydrogens is 484 g/mol. The molecule has 1 saturated heterocycles. The highest BCUT2D eigenvalue weighted by Crippen LogP contribution is 2.33. The third-order valence-electron chi connectivity index (χ3n) is 6.96. The van der Waals surface area contributed by atoms with Crippen LogP contribution in [-0.2, 0) is 19.4 Å². The van der Waals surface area contributed by atoms with Gasteiger partial charge >= 0.3 is 0 Å². The number of nitriles is 1. The van der Waals surface area contributed by atoms with E-state index < -0.39 is 9.84 Å². The number of sulfone groups is 1. The first kappa shape index (κ1) is 27.5. The summed E-state index contributed by atoms with van der Waals surface area (Å²) in [6.07, 6.45) is 3.12. The molecule has 1 aromatic carbocycles. The Morgan fingerprint density at radius 3 is 2.40 bits per heavy atom. The Hall–Kier alpha value is -2.09. The van der Waals surface area contributed by atoms with Crippen LogP contribution in [0.2, 0.25) is 0 Å². The fraction of sp³-hybridized carbons (Fsp3) is 0.640. The smallest absolute Gasteiger partial charge is 0.233 e. The molecule has 2 amide bonds. The molecule has 0 unspecified atom stereocenters. The van der Waals surface area contributed by atoms with Gasteiger partial charge in [-0.15, -0.1) is 11.8 Å². The third-order valence-corrected chi connectivity index (χ3v) is 9.82. The predicted molar refractivity (Wildman–Crippen MR) is 137 cm³/mol. The molecule has 10 heteroatoms. The van der Waals surface area contributed by atoms with Gasteiger partial charge in [-0.05, 0) is 56.9 Å². The van der Waals surface area contributed by atoms with Crippen molar-refractivity contribution in [3.63, 3.8) is 0 Å². The van der Waals surface area contributed by atoms with Gasteiger partial charge in [0, 0.05) is 43.0 Å². The van der Waals surface area contributed by atoms with Crippen LogP contribution in [0.3, 0.4) is 0 Å². The molecule has 0 radical (unpaired) electrons. The number of piperazine rings is 1. The molecule has 0 spiro atoms. The molecule has 0 bridgehead atoms. The van der Waals surface area contributed by atoms with Gasteiger partial charge in [0.25, 0.3) is 0 Å². The van der Waals surface area contributed by atoms with Gasteiger partial charge in [0.2, 0.25) is 11.8 Å². The number of amides is 2. The Bertz CT molecular complexity index is 1010. The van der Waals surface area contributed by atoms with E-state index >= 15 is 0 Å². The zero-order valence-electron chi connectivity index (χ0n) is 20.6. The van der Waals surface area contributed by atoms with Gasteiger partial charge in [-0.3, -0.25) is 14.5 Å². The topological polar surface area (TPSA) is 111 Å². The maximum Gasteiger partial charge on any atom is 0.233 e. The standard InChI is InChI=1S/C25H36N4O4S2/c1-19(2)28-13-15-29(16-14-28)24(30)17-34-21-7-9-22(10-8-21)35(32,33)18-20-5-3-4-6-23(20)25(31)27-12-11-26/h7-10,19-20,23H,3-6,12-18H2,1-2H3,(H,27,31)/t20-,23+/m1/s1. The highest BCUT2D eigenvalue weighted by atomic mass is 32.2. The van der Waals surface area contributed by atoms with Crippen molar-refractivity contribution < 1.29 is 18.0 Å². The normalized spacial score (nSPS) is 21.5. The molecule has 1 aliphatic carbocycles. The SMILES string of the molecule is CC(C)N1CCN(C(=O)CSc2ccc(S(=O)(=O)C[C@H]3CCCC[C@@H]3C(=O)NCC#N)cc2)CC1. The number of benzene rings is 1. The summed E-state index contributed by atoms with van der Waals surface area (Å²) in [5, 5.41) is 11.3. The molecular formula is C25H36N4O4S2. The molecule has 192 valence electrons. The number of nitrogens with zero attached hydrogens (tertiary/aromatic N) is 3. The number of thioether (sulfide) groups is 1. The second kappa shape index (κ2) is 12.7. The van der Waals surface area contributed by atoms with Crippen molar-refractivity contribution in [3.05, 3.63) is 24.3 Å². The number of hydrogen-bond acceptors (Lipinski definition) is 7. The first-order valence-electron chi connectivity index (χ1n) is 12.3. The third kappa shape index (κ3) is 7.69. The van der Waals surface area contributed by atoms with E-state index in [0.29, 0.717) is 24.6 Å². The lowest BCUT2D eigenvalue weighted by Crippen LogP contribution is -2.51. The van der Waals surface area contributed by atoms with Crippen LogP contribution in [0.1, 0.15) is 39.5 Å². The molecule has 8 nitrogen and oxygen atoms in total. The summed E-state index contributed by atoms with van der Waals surface area (Å²) in [5.41, 5.74) is 0. The maximum atomic E-state index is 13.1. The molecule has 0 aromatic heterocycles. The summed E-state index contributed by atoms with van der Waals surface area (Å²) in [4.78, 5) is 30.4. The Kier molecular flexibility index (Phi) is 10.0. The second-order valence-electron chi connectivity index (χ2n) is 9.58. The molecule has 1 heterocycles. The average Bonchev–Trinajstić information content (AvgIpc) is 2.86. The van der Waals surface area contributed by atoms with Gasteiger partial charge in [0.05, 0.1) is 22.5 Å². The van der Waals surface area contributed by atoms with Crippen LogP contribution in [0.15, 0.2) is 34.1 Å². The van der Waals surface area contributed by atoms with E-state index in [1.165, 1.54) is 11.8 Å². The van der Waals surface area contributed by atoms with Gasteiger partial charge in [-0.25, -0.2) is 8.42 Å². The minimum Gasteiger partial charge on any atom is -0.343 e. The summed E-state index contributed by atoms with van der Waals surface area (Å²) in [6.45, 7) is 7.53. The zero-order chi connectivity index (χ0) is 25.4. The minimum absolute atomic E-state index is 0.0649. The molecule has 1 aliphatic heterocycles. The van der Waals surface area contributed by atoms with Crippen LogP contribution in [0, 0.1) is 23.2 Å². The number of nitrogens with one attached hydrogen (secondary N) is 1. The lowest BCUT2D eigenvalue weighted by atomic mass is 9.80. The second-order valence-corrected chi connectivity index (χ2v) is 12.7. The van der Waals surface area contributed by atoms with Gasteiger partial charge in [0.1, 0.15) is 6.54 Å². The maximum absolute atomic E-state index is 13.1. The molecule has 35 heavy (non-hydrogen) atoms. The summed E-state index contributed by atoms with van der Waals surface area (Å²) in [5.74, 6) is -0.507. The van der Waals surface area contributed by atoms with E-state index in [9.17, 15) is 18.0 Å². The lowest BCUT2D eigenvalue weighted by Gasteiger charge is -2.36. The quantitative estimate of drug-likeness (QED) is 0.393. The van der Waals surface area contributed by atoms with Crippen LogP contribution in [0.4, 0.5) is 0 Å². The molecule has 1 N–H and O–H groups in total. The lowest BCUT2D eigenvalue weighted by molar-refractivity contribution is -0.130. The van der Waals surface area contributed by atoms with Crippen LogP contribution >= 0.6 is 11.8 Å². The highest BCUT2D eigenvalue weighted by molar-refractivity contribution is 8.00. The van der Waals surface area contributed by atoms with Crippen molar-refractivity contribution in [2.45, 2.75) is 55.4 Å². The Morgan fingerprint density at radius 1 is 1.11 bits per heavy atom. The number of hydrogen-bond donors (Lipinski definition) is 1. The van der Waals surface area contributed by atoms with E-state index in [1.54, 1.807) is 24.3 Å². The summed E-state index contributed by atoms with van der Waals surface area (Å²) in [7, 11) is -3.56. The van der Waals surface area contributed by atoms with Gasteiger partial charge < -0.3 is 10.2 Å². The monoisotopic (exact) mass is 520 g/mol. The molecule has 2 fully saturated rings. The van der Waals surface area contributed by atoms with Crippen molar-refractivity contribution >= 4 is 33.4 Å². The summed E-state index contributed by atoms with van der Waals surface area (Å²) >= 11 is 1.42. The number of rotatable bonds is 9. The highest BCUT2D eigenvalue weighted by Gasteiger charge is 2.34. The fourth-order valence-corrected chi connectivity index (χ4v) is 7.36. The van der Waals surface area contributed by atoms with Crippen molar-refractivity contribution in [3.8, 4) is 6.07 Å². The molecule has 1 saturated carbocycles. The number of carbonyl (C=O) groups is 2. The van der Waals surface area contributed by atoms with Crippen LogP contribution in [0.25, 0.3) is 0 Å². The van der Waals surface area contributed by atoms with Crippen LogP contribution in [-0.4, -0.2) is 80.3 Å². The van der Waals surface area contributed by atoms with Gasteiger partial charge in [-0.1, -0.05) is 12.8 Å². The van der Waals surface area contributed by atoms with E-state index in [0.717, 1.165) is 43.9 Å². The van der Waals surface area contributed by atoms with Gasteiger partial charge in [-0.2, -0.15) is 5.26 Å². The van der Waals surface area contributed by atoms with Gasteiger partial charge in [0.15, 0.2) is 9.84 Å². The van der Waals surface area contributed by atoms with Crippen molar-refractivity contribution in [2.75, 3.05) is 44.2 Å². The zero-order valence-corrected chi connectivity index (χ0v) is 22.2. The van der Waals surface area contributed by atoms with Crippen molar-refractivity contribution in [1.29, 1.82) is 5.26 Å². The Morgan fingerprint density at radius 2 is 1.77 bits per heavy atom. The first-order chi connectivity index (χ1) is 16.7.